The molecule has 0 bridgehead atoms. The first kappa shape index (κ1) is 8.04. The lowest BCUT2D eigenvalue weighted by Crippen LogP contribution is -2.28. The Morgan fingerprint density at radius 1 is 1.62 bits per heavy atom. The molecule has 2 heterocycles. The zero-order valence-corrected chi connectivity index (χ0v) is 7.36. The van der Waals surface area contributed by atoms with E-state index in [0.717, 1.165) is 0 Å². The van der Waals surface area contributed by atoms with Gasteiger partial charge in [-0.15, -0.1) is 0 Å². The fourth-order valence-electron chi connectivity index (χ4n) is 1.24. The molecule has 0 aliphatic carbocycles. The number of nitrogens with zero attached hydrogens (tertiary/aromatic N) is 2. The van der Waals surface area contributed by atoms with Gasteiger partial charge in [-0.25, -0.2) is 4.98 Å². The maximum atomic E-state index is 11.6. The van der Waals surface area contributed by atoms with E-state index in [4.69, 9.17) is 4.74 Å². The van der Waals surface area contributed by atoms with Gasteiger partial charge < -0.3 is 9.64 Å². The van der Waals surface area contributed by atoms with E-state index in [-0.39, 0.29) is 5.91 Å². The van der Waals surface area contributed by atoms with Crippen LogP contribution in [0.25, 0.3) is 0 Å². The minimum absolute atomic E-state index is 0.0758. The molecule has 0 N–H and O–H groups in total. The number of fused-ring (bicyclic) bond motifs is 1. The number of amides is 1. The van der Waals surface area contributed by atoms with Crippen molar-refractivity contribution >= 4 is 5.91 Å². The molecule has 0 atom stereocenters. The Labute approximate surface area is 76.1 Å². The molecular weight excluding hydrogens is 168 g/mol. The molecule has 0 saturated carbocycles. The third kappa shape index (κ3) is 1.35. The summed E-state index contributed by atoms with van der Waals surface area (Å²) >= 11 is 0. The molecule has 0 unspecified atom stereocenters. The van der Waals surface area contributed by atoms with Crippen LogP contribution in [-0.4, -0.2) is 36.0 Å². The highest BCUT2D eigenvalue weighted by Gasteiger charge is 2.21. The molecule has 2 rings (SSSR count). The zero-order valence-electron chi connectivity index (χ0n) is 7.36. The molecule has 1 aliphatic heterocycles. The van der Waals surface area contributed by atoms with Gasteiger partial charge in [-0.3, -0.25) is 4.79 Å². The first-order valence-electron chi connectivity index (χ1n) is 4.12. The first-order chi connectivity index (χ1) is 6.29. The fourth-order valence-corrected chi connectivity index (χ4v) is 1.24. The van der Waals surface area contributed by atoms with Crippen molar-refractivity contribution in [2.24, 2.45) is 0 Å². The number of likely N-dealkylation sites (N-methyl/N-ethyl adjacent to an activating group) is 1. The van der Waals surface area contributed by atoms with E-state index in [1.807, 2.05) is 0 Å². The van der Waals surface area contributed by atoms with Crippen molar-refractivity contribution in [2.75, 3.05) is 20.2 Å². The lowest BCUT2D eigenvalue weighted by Gasteiger charge is -2.11. The Hall–Kier alpha value is -1.58. The molecule has 0 spiro atoms. The summed E-state index contributed by atoms with van der Waals surface area (Å²) < 4.78 is 5.36. The van der Waals surface area contributed by atoms with Crippen molar-refractivity contribution in [3.8, 4) is 5.75 Å². The van der Waals surface area contributed by atoms with Crippen molar-refractivity contribution in [2.45, 2.75) is 0 Å². The van der Waals surface area contributed by atoms with E-state index in [9.17, 15) is 4.79 Å². The van der Waals surface area contributed by atoms with Gasteiger partial charge in [0.2, 0.25) is 0 Å². The molecule has 1 aromatic rings. The smallest absolute Gasteiger partial charge is 0.276 e. The quantitative estimate of drug-likeness (QED) is 0.582. The van der Waals surface area contributed by atoms with E-state index < -0.39 is 0 Å². The second-order valence-electron chi connectivity index (χ2n) is 2.93. The van der Waals surface area contributed by atoms with Gasteiger partial charge in [-0.05, 0) is 12.1 Å². The molecule has 0 radical (unpaired) electrons. The largest absolute Gasteiger partial charge is 0.489 e. The Morgan fingerprint density at radius 2 is 2.46 bits per heavy atom. The Bertz CT molecular complexity index is 338. The molecule has 68 valence electrons. The standard InChI is InChI=1S/C9H10N2O2/c1-11-5-6-13-7-3-2-4-10-8(7)9(11)12/h2-4H,5-6H2,1H3. The summed E-state index contributed by atoms with van der Waals surface area (Å²) in [6.07, 6.45) is 1.60. The SMILES string of the molecule is CN1CCOc2cccnc2C1=O. The predicted molar refractivity (Wildman–Crippen MR) is 46.7 cm³/mol. The summed E-state index contributed by atoms with van der Waals surface area (Å²) in [5.41, 5.74) is 0.405. The van der Waals surface area contributed by atoms with Gasteiger partial charge in [0.1, 0.15) is 6.61 Å². The number of rotatable bonds is 0. The average Bonchev–Trinajstić information content (AvgIpc) is 2.29. The molecule has 1 amide bonds. The number of carbonyl (C=O) groups excluding carboxylic acids is 1. The Kier molecular flexibility index (Phi) is 1.88. The predicted octanol–water partition coefficient (Wildman–Crippen LogP) is 0.546. The molecule has 0 saturated heterocycles. The van der Waals surface area contributed by atoms with Gasteiger partial charge in [0.15, 0.2) is 11.4 Å². The second-order valence-corrected chi connectivity index (χ2v) is 2.93. The van der Waals surface area contributed by atoms with Gasteiger partial charge in [0.25, 0.3) is 5.91 Å². The Morgan fingerprint density at radius 3 is 3.31 bits per heavy atom. The maximum absolute atomic E-state index is 11.6. The monoisotopic (exact) mass is 178 g/mol. The molecule has 4 heteroatoms. The van der Waals surface area contributed by atoms with Crippen LogP contribution in [-0.2, 0) is 0 Å². The highest BCUT2D eigenvalue weighted by Crippen LogP contribution is 2.18. The van der Waals surface area contributed by atoms with Gasteiger partial charge in [-0.1, -0.05) is 0 Å². The number of carbonyl (C=O) groups is 1. The van der Waals surface area contributed by atoms with Gasteiger partial charge >= 0.3 is 0 Å². The van der Waals surface area contributed by atoms with E-state index in [1.165, 1.54) is 0 Å². The second kappa shape index (κ2) is 3.05. The van der Waals surface area contributed by atoms with E-state index in [2.05, 4.69) is 4.98 Å². The van der Waals surface area contributed by atoms with E-state index in [1.54, 1.807) is 30.3 Å². The van der Waals surface area contributed by atoms with Crippen LogP contribution in [0, 0.1) is 0 Å². The zero-order chi connectivity index (χ0) is 9.26. The maximum Gasteiger partial charge on any atom is 0.276 e. The van der Waals surface area contributed by atoms with Crippen molar-refractivity contribution in [3.05, 3.63) is 24.0 Å². The topological polar surface area (TPSA) is 42.4 Å². The van der Waals surface area contributed by atoms with Crippen LogP contribution < -0.4 is 4.74 Å². The van der Waals surface area contributed by atoms with Crippen LogP contribution in [0.15, 0.2) is 18.3 Å². The highest BCUT2D eigenvalue weighted by atomic mass is 16.5. The van der Waals surface area contributed by atoms with Gasteiger partial charge in [0.05, 0.1) is 6.54 Å². The van der Waals surface area contributed by atoms with E-state index in [0.29, 0.717) is 24.6 Å². The summed E-state index contributed by atoms with van der Waals surface area (Å²) in [7, 11) is 1.75. The molecule has 1 aliphatic rings. The summed E-state index contributed by atoms with van der Waals surface area (Å²) in [6.45, 7) is 1.14. The Balaban J connectivity index is 2.46. The molecule has 1 aromatic heterocycles. The number of aromatic nitrogens is 1. The highest BCUT2D eigenvalue weighted by molar-refractivity contribution is 5.95. The van der Waals surface area contributed by atoms with Gasteiger partial charge in [-0.2, -0.15) is 0 Å². The van der Waals surface area contributed by atoms with Crippen LogP contribution in [0.2, 0.25) is 0 Å². The lowest BCUT2D eigenvalue weighted by atomic mass is 10.3. The minimum Gasteiger partial charge on any atom is -0.489 e. The summed E-state index contributed by atoms with van der Waals surface area (Å²) in [6, 6.07) is 3.52. The van der Waals surface area contributed by atoms with Crippen LogP contribution in [0.3, 0.4) is 0 Å². The molecular formula is C9H10N2O2. The number of pyridine rings is 1. The van der Waals surface area contributed by atoms with Crippen LogP contribution >= 0.6 is 0 Å². The van der Waals surface area contributed by atoms with Crippen LogP contribution in [0.1, 0.15) is 10.5 Å². The normalized spacial score (nSPS) is 16.1. The molecule has 13 heavy (non-hydrogen) atoms. The molecule has 0 aromatic carbocycles. The van der Waals surface area contributed by atoms with Crippen LogP contribution in [0.4, 0.5) is 0 Å². The lowest BCUT2D eigenvalue weighted by molar-refractivity contribution is 0.0792. The third-order valence-corrected chi connectivity index (χ3v) is 2.00. The first-order valence-corrected chi connectivity index (χ1v) is 4.12. The number of hydrogen-bond acceptors (Lipinski definition) is 3. The summed E-state index contributed by atoms with van der Waals surface area (Å²) in [5, 5.41) is 0. The number of hydrogen-bond donors (Lipinski definition) is 0. The van der Waals surface area contributed by atoms with Crippen molar-refractivity contribution in [3.63, 3.8) is 0 Å². The number of ether oxygens (including phenoxy) is 1. The third-order valence-electron chi connectivity index (χ3n) is 2.00. The summed E-state index contributed by atoms with van der Waals surface area (Å²) in [5.74, 6) is 0.505. The van der Waals surface area contributed by atoms with E-state index >= 15 is 0 Å². The summed E-state index contributed by atoms with van der Waals surface area (Å²) in [4.78, 5) is 17.2. The van der Waals surface area contributed by atoms with Crippen molar-refractivity contribution < 1.29 is 9.53 Å². The minimum atomic E-state index is -0.0758. The fraction of sp³-hybridized carbons (Fsp3) is 0.333. The molecule has 0 fully saturated rings. The van der Waals surface area contributed by atoms with Crippen molar-refractivity contribution in [1.82, 2.24) is 9.88 Å². The van der Waals surface area contributed by atoms with Crippen molar-refractivity contribution in [1.29, 1.82) is 0 Å². The van der Waals surface area contributed by atoms with Crippen LogP contribution in [0.5, 0.6) is 5.75 Å². The van der Waals surface area contributed by atoms with Gasteiger partial charge in [0, 0.05) is 13.2 Å². The average molecular weight is 178 g/mol. The molecule has 4 nitrogen and oxygen atoms in total.